The van der Waals surface area contributed by atoms with Gasteiger partial charge in [0.2, 0.25) is 0 Å². The topological polar surface area (TPSA) is 89.6 Å². The van der Waals surface area contributed by atoms with Crippen LogP contribution in [0.4, 0.5) is 4.79 Å². The van der Waals surface area contributed by atoms with Gasteiger partial charge in [-0.25, -0.2) is 4.79 Å². The summed E-state index contributed by atoms with van der Waals surface area (Å²) in [6.45, 7) is 4.47. The molecule has 1 aliphatic heterocycles. The van der Waals surface area contributed by atoms with Gasteiger partial charge in [-0.05, 0) is 74.9 Å². The van der Waals surface area contributed by atoms with Crippen molar-refractivity contribution in [1.82, 2.24) is 15.1 Å². The molecular formula is C32H45N3O6. The lowest BCUT2D eigenvalue weighted by molar-refractivity contribution is 0.0784. The van der Waals surface area contributed by atoms with Crippen molar-refractivity contribution in [3.63, 3.8) is 0 Å². The molecule has 2 aliphatic carbocycles. The zero-order chi connectivity index (χ0) is 29.0. The summed E-state index contributed by atoms with van der Waals surface area (Å²) in [5.74, 6) is 1.85. The zero-order valence-electron chi connectivity index (χ0n) is 24.7. The van der Waals surface area contributed by atoms with Crippen molar-refractivity contribution in [3.05, 3.63) is 59.7 Å². The number of ether oxygens (including phenoxy) is 4. The third-order valence-corrected chi connectivity index (χ3v) is 7.62. The molecule has 3 aliphatic rings. The molecule has 3 fully saturated rings. The maximum atomic E-state index is 12.4. The van der Waals surface area contributed by atoms with Gasteiger partial charge < -0.3 is 34.1 Å². The maximum Gasteiger partial charge on any atom is 0.410 e. The minimum Gasteiger partial charge on any atom is -0.493 e. The Bertz CT molecular complexity index is 1100. The quantitative estimate of drug-likeness (QED) is 0.350. The Hall–Kier alpha value is -3.30. The summed E-state index contributed by atoms with van der Waals surface area (Å²) in [7, 11) is 5.10. The van der Waals surface area contributed by atoms with Gasteiger partial charge in [0.05, 0.1) is 13.7 Å². The molecular weight excluding hydrogens is 522 g/mol. The first-order valence-corrected chi connectivity index (χ1v) is 14.7. The van der Waals surface area contributed by atoms with Crippen LogP contribution in [-0.4, -0.2) is 88.0 Å². The molecule has 2 aromatic rings. The molecule has 5 rings (SSSR count). The molecule has 1 N–H and O–H groups in total. The van der Waals surface area contributed by atoms with Crippen molar-refractivity contribution in [3.8, 4) is 11.5 Å². The molecule has 2 amide bonds. The molecule has 2 aromatic carbocycles. The monoisotopic (exact) mass is 567 g/mol. The molecule has 41 heavy (non-hydrogen) atoms. The largest absolute Gasteiger partial charge is 0.493 e. The molecule has 0 aromatic heterocycles. The zero-order valence-corrected chi connectivity index (χ0v) is 24.7. The fourth-order valence-corrected chi connectivity index (χ4v) is 4.85. The Morgan fingerprint density at radius 2 is 1.68 bits per heavy atom. The van der Waals surface area contributed by atoms with Gasteiger partial charge in [0.25, 0.3) is 5.91 Å². The van der Waals surface area contributed by atoms with Gasteiger partial charge in [-0.2, -0.15) is 0 Å². The van der Waals surface area contributed by atoms with E-state index in [-0.39, 0.29) is 12.0 Å². The number of methoxy groups -OCH3 is 2. The van der Waals surface area contributed by atoms with Crippen molar-refractivity contribution >= 4 is 12.0 Å². The summed E-state index contributed by atoms with van der Waals surface area (Å²) < 4.78 is 21.4. The van der Waals surface area contributed by atoms with E-state index in [1.165, 1.54) is 0 Å². The molecule has 1 heterocycles. The SMILES string of the molecule is COCCCOc1cc(C(=O)N(C)C2CC2)ccc1OC.O=C(OCc1ccccc1)N(CC1CCNC1)C1CC1. The minimum absolute atomic E-state index is 0.0295. The molecule has 2 saturated carbocycles. The molecule has 224 valence electrons. The standard InChI is InChI=1S/C16H22N2O2.C16H23NO4/c19-16(20-12-13-4-2-1-3-5-13)18(15-6-7-15)11-14-8-9-17-10-14;1-17(13-6-7-13)16(18)12-5-8-14(20-3)15(11-12)21-10-4-9-19-2/h1-5,14-15,17H,6-12H2;5,8,11,13H,4,6-7,9-10H2,1-3H3. The summed E-state index contributed by atoms with van der Waals surface area (Å²) in [6.07, 6.45) is 6.25. The number of rotatable bonds is 13. The number of carbonyl (C=O) groups is 2. The summed E-state index contributed by atoms with van der Waals surface area (Å²) >= 11 is 0. The Morgan fingerprint density at radius 1 is 0.927 bits per heavy atom. The lowest BCUT2D eigenvalue weighted by atomic mass is 10.1. The number of hydrogen-bond acceptors (Lipinski definition) is 7. The van der Waals surface area contributed by atoms with Crippen LogP contribution in [0.1, 0.15) is 54.4 Å². The molecule has 0 bridgehead atoms. The average molecular weight is 568 g/mol. The highest BCUT2D eigenvalue weighted by molar-refractivity contribution is 5.95. The van der Waals surface area contributed by atoms with Crippen LogP contribution < -0.4 is 14.8 Å². The van der Waals surface area contributed by atoms with Crippen molar-refractivity contribution in [2.45, 2.75) is 57.2 Å². The van der Waals surface area contributed by atoms with Crippen LogP contribution in [0.3, 0.4) is 0 Å². The van der Waals surface area contributed by atoms with Crippen LogP contribution in [0, 0.1) is 5.92 Å². The molecule has 9 heteroatoms. The maximum absolute atomic E-state index is 12.4. The average Bonchev–Trinajstić information content (AvgIpc) is 3.96. The Labute approximate surface area is 244 Å². The molecule has 1 unspecified atom stereocenters. The van der Waals surface area contributed by atoms with Gasteiger partial charge in [-0.1, -0.05) is 30.3 Å². The summed E-state index contributed by atoms with van der Waals surface area (Å²) in [4.78, 5) is 28.4. The third-order valence-electron chi connectivity index (χ3n) is 7.62. The van der Waals surface area contributed by atoms with Gasteiger partial charge in [0, 0.05) is 51.4 Å². The van der Waals surface area contributed by atoms with Gasteiger partial charge in [-0.15, -0.1) is 0 Å². The molecule has 9 nitrogen and oxygen atoms in total. The predicted octanol–water partition coefficient (Wildman–Crippen LogP) is 4.74. The fraction of sp³-hybridized carbons (Fsp3) is 0.562. The van der Waals surface area contributed by atoms with Crippen molar-refractivity contribution < 1.29 is 28.5 Å². The highest BCUT2D eigenvalue weighted by Crippen LogP contribution is 2.31. The van der Waals surface area contributed by atoms with Crippen LogP contribution in [0.25, 0.3) is 0 Å². The van der Waals surface area contributed by atoms with E-state index in [1.807, 2.05) is 42.3 Å². The van der Waals surface area contributed by atoms with Gasteiger partial charge in [0.15, 0.2) is 11.5 Å². The first-order valence-electron chi connectivity index (χ1n) is 14.7. The lowest BCUT2D eigenvalue weighted by Crippen LogP contribution is -2.38. The smallest absolute Gasteiger partial charge is 0.410 e. The first-order chi connectivity index (χ1) is 20.0. The van der Waals surface area contributed by atoms with Crippen molar-refractivity contribution in [2.24, 2.45) is 5.92 Å². The van der Waals surface area contributed by atoms with Gasteiger partial charge in [0.1, 0.15) is 6.61 Å². The van der Waals surface area contributed by atoms with E-state index in [2.05, 4.69) is 5.32 Å². The first kappa shape index (κ1) is 30.7. The number of nitrogens with zero attached hydrogens (tertiary/aromatic N) is 2. The Kier molecular flexibility index (Phi) is 11.7. The van der Waals surface area contributed by atoms with Crippen LogP contribution in [0.15, 0.2) is 48.5 Å². The Balaban J connectivity index is 0.000000189. The van der Waals surface area contributed by atoms with E-state index in [9.17, 15) is 9.59 Å². The predicted molar refractivity (Wildman–Crippen MR) is 157 cm³/mol. The minimum atomic E-state index is -0.150. The van der Waals surface area contributed by atoms with E-state index in [4.69, 9.17) is 18.9 Å². The van der Waals surface area contributed by atoms with Crippen molar-refractivity contribution in [1.29, 1.82) is 0 Å². The number of nitrogens with one attached hydrogen (secondary N) is 1. The molecule has 0 radical (unpaired) electrons. The van der Waals surface area contributed by atoms with Gasteiger partial charge in [-0.3, -0.25) is 4.79 Å². The van der Waals surface area contributed by atoms with Crippen LogP contribution in [-0.2, 0) is 16.1 Å². The Morgan fingerprint density at radius 3 is 2.32 bits per heavy atom. The molecule has 1 atom stereocenters. The summed E-state index contributed by atoms with van der Waals surface area (Å²) in [6, 6.07) is 16.0. The number of amides is 2. The van der Waals surface area contributed by atoms with E-state index in [0.29, 0.717) is 54.9 Å². The number of hydrogen-bond donors (Lipinski definition) is 1. The second kappa shape index (κ2) is 15.6. The second-order valence-electron chi connectivity index (χ2n) is 11.0. The highest BCUT2D eigenvalue weighted by Gasteiger charge is 2.35. The van der Waals surface area contributed by atoms with Crippen LogP contribution >= 0.6 is 0 Å². The van der Waals surface area contributed by atoms with E-state index in [1.54, 1.807) is 37.3 Å². The second-order valence-corrected chi connectivity index (χ2v) is 11.0. The summed E-state index contributed by atoms with van der Waals surface area (Å²) in [5, 5.41) is 3.36. The highest BCUT2D eigenvalue weighted by atomic mass is 16.6. The summed E-state index contributed by atoms with van der Waals surface area (Å²) in [5.41, 5.74) is 1.67. The third kappa shape index (κ3) is 9.64. The molecule has 0 spiro atoms. The lowest BCUT2D eigenvalue weighted by Gasteiger charge is -2.24. The van der Waals surface area contributed by atoms with Crippen molar-refractivity contribution in [2.75, 3.05) is 54.1 Å². The number of carbonyl (C=O) groups excluding carboxylic acids is 2. The molecule has 1 saturated heterocycles. The van der Waals surface area contributed by atoms with Crippen LogP contribution in [0.5, 0.6) is 11.5 Å². The van der Waals surface area contributed by atoms with E-state index in [0.717, 1.165) is 63.7 Å². The fourth-order valence-electron chi connectivity index (χ4n) is 4.85. The normalized spacial score (nSPS) is 17.7. The van der Waals surface area contributed by atoms with Gasteiger partial charge >= 0.3 is 6.09 Å². The number of benzene rings is 2. The van der Waals surface area contributed by atoms with E-state index < -0.39 is 0 Å². The van der Waals surface area contributed by atoms with Crippen LogP contribution in [0.2, 0.25) is 0 Å². The van der Waals surface area contributed by atoms with E-state index >= 15 is 0 Å².